The Morgan fingerprint density at radius 2 is 2.39 bits per heavy atom. The third kappa shape index (κ3) is 3.43. The molecule has 1 aliphatic heterocycles. The van der Waals surface area contributed by atoms with Crippen molar-refractivity contribution in [2.24, 2.45) is 5.92 Å². The van der Waals surface area contributed by atoms with Gasteiger partial charge in [-0.15, -0.1) is 0 Å². The standard InChI is InChI=1S/C16H24N6O/c1-3-5-11(2)20-16(23)12-6-4-7-22(9-12)15-13-8-19-21-14(13)17-10-18-15/h8,10-12H,3-7,9H2,1-2H3,(H,20,23)(H,17,18,19,21). The highest BCUT2D eigenvalue weighted by molar-refractivity contribution is 5.87. The van der Waals surface area contributed by atoms with Gasteiger partial charge in [-0.25, -0.2) is 9.97 Å². The van der Waals surface area contributed by atoms with Crippen molar-refractivity contribution in [2.75, 3.05) is 18.0 Å². The van der Waals surface area contributed by atoms with Crippen LogP contribution in [0.1, 0.15) is 39.5 Å². The normalized spacial score (nSPS) is 19.7. The Morgan fingerprint density at radius 1 is 1.52 bits per heavy atom. The Hall–Kier alpha value is -2.18. The molecule has 1 fully saturated rings. The predicted octanol–water partition coefficient (Wildman–Crippen LogP) is 1.87. The molecule has 3 heterocycles. The van der Waals surface area contributed by atoms with E-state index in [2.05, 4.69) is 44.2 Å². The van der Waals surface area contributed by atoms with Crippen LogP contribution in [0.15, 0.2) is 12.5 Å². The monoisotopic (exact) mass is 316 g/mol. The zero-order chi connectivity index (χ0) is 16.2. The van der Waals surface area contributed by atoms with Gasteiger partial charge in [0.2, 0.25) is 5.91 Å². The van der Waals surface area contributed by atoms with Crippen molar-refractivity contribution in [3.8, 4) is 0 Å². The van der Waals surface area contributed by atoms with Gasteiger partial charge in [0.15, 0.2) is 5.65 Å². The number of carbonyl (C=O) groups excluding carboxylic acids is 1. The van der Waals surface area contributed by atoms with Crippen LogP contribution >= 0.6 is 0 Å². The molecule has 2 aromatic rings. The fourth-order valence-electron chi connectivity index (χ4n) is 3.25. The Kier molecular flexibility index (Phi) is 4.73. The predicted molar refractivity (Wildman–Crippen MR) is 89.1 cm³/mol. The van der Waals surface area contributed by atoms with Crippen molar-refractivity contribution in [1.29, 1.82) is 0 Å². The van der Waals surface area contributed by atoms with Crippen molar-refractivity contribution >= 4 is 22.8 Å². The Labute approximate surface area is 135 Å². The van der Waals surface area contributed by atoms with E-state index < -0.39 is 0 Å². The molecule has 0 aliphatic carbocycles. The molecule has 1 aliphatic rings. The summed E-state index contributed by atoms with van der Waals surface area (Å²) in [4.78, 5) is 23.2. The quantitative estimate of drug-likeness (QED) is 0.879. The Balaban J connectivity index is 1.71. The number of carbonyl (C=O) groups is 1. The molecule has 7 nitrogen and oxygen atoms in total. The van der Waals surface area contributed by atoms with Gasteiger partial charge in [-0.2, -0.15) is 5.10 Å². The van der Waals surface area contributed by atoms with E-state index in [1.54, 1.807) is 12.5 Å². The van der Waals surface area contributed by atoms with Gasteiger partial charge >= 0.3 is 0 Å². The van der Waals surface area contributed by atoms with Gasteiger partial charge in [0.1, 0.15) is 12.1 Å². The average molecular weight is 316 g/mol. The molecule has 3 rings (SSSR count). The van der Waals surface area contributed by atoms with E-state index in [1.807, 2.05) is 0 Å². The number of nitrogens with one attached hydrogen (secondary N) is 2. The molecular formula is C16H24N6O. The highest BCUT2D eigenvalue weighted by atomic mass is 16.2. The molecule has 0 bridgehead atoms. The maximum Gasteiger partial charge on any atom is 0.225 e. The lowest BCUT2D eigenvalue weighted by molar-refractivity contribution is -0.125. The van der Waals surface area contributed by atoms with E-state index in [9.17, 15) is 4.79 Å². The molecule has 23 heavy (non-hydrogen) atoms. The second-order valence-electron chi connectivity index (χ2n) is 6.31. The number of amides is 1. The van der Waals surface area contributed by atoms with Gasteiger partial charge in [0.25, 0.3) is 0 Å². The van der Waals surface area contributed by atoms with E-state index in [0.29, 0.717) is 6.54 Å². The summed E-state index contributed by atoms with van der Waals surface area (Å²) in [6.45, 7) is 5.81. The number of anilines is 1. The van der Waals surface area contributed by atoms with Gasteiger partial charge < -0.3 is 10.2 Å². The first-order chi connectivity index (χ1) is 11.2. The highest BCUT2D eigenvalue weighted by Crippen LogP contribution is 2.26. The van der Waals surface area contributed by atoms with E-state index in [-0.39, 0.29) is 17.9 Å². The van der Waals surface area contributed by atoms with Crippen LogP contribution in [0.4, 0.5) is 5.82 Å². The summed E-state index contributed by atoms with van der Waals surface area (Å²) < 4.78 is 0. The van der Waals surface area contributed by atoms with Crippen molar-refractivity contribution < 1.29 is 4.79 Å². The number of hydrogen-bond donors (Lipinski definition) is 2. The van der Waals surface area contributed by atoms with Crippen LogP contribution in [0, 0.1) is 5.92 Å². The van der Waals surface area contributed by atoms with Gasteiger partial charge in [0.05, 0.1) is 17.5 Å². The number of piperidine rings is 1. The second-order valence-corrected chi connectivity index (χ2v) is 6.31. The third-order valence-electron chi connectivity index (χ3n) is 4.43. The first-order valence-electron chi connectivity index (χ1n) is 8.38. The van der Waals surface area contributed by atoms with Gasteiger partial charge in [-0.3, -0.25) is 9.89 Å². The van der Waals surface area contributed by atoms with Crippen LogP contribution in [0.5, 0.6) is 0 Å². The maximum absolute atomic E-state index is 12.5. The number of aromatic amines is 1. The first-order valence-corrected chi connectivity index (χ1v) is 8.38. The van der Waals surface area contributed by atoms with Crippen LogP contribution < -0.4 is 10.2 Å². The van der Waals surface area contributed by atoms with Crippen LogP contribution in [-0.2, 0) is 4.79 Å². The minimum absolute atomic E-state index is 0.0139. The topological polar surface area (TPSA) is 86.8 Å². The largest absolute Gasteiger partial charge is 0.355 e. The van der Waals surface area contributed by atoms with Crippen LogP contribution in [0.25, 0.3) is 11.0 Å². The van der Waals surface area contributed by atoms with E-state index in [1.165, 1.54) is 0 Å². The Morgan fingerprint density at radius 3 is 3.22 bits per heavy atom. The number of rotatable bonds is 5. The fraction of sp³-hybridized carbons (Fsp3) is 0.625. The molecular weight excluding hydrogens is 292 g/mol. The molecule has 2 unspecified atom stereocenters. The molecule has 2 atom stereocenters. The summed E-state index contributed by atoms with van der Waals surface area (Å²) in [6, 6.07) is 0.238. The molecule has 0 aromatic carbocycles. The maximum atomic E-state index is 12.5. The van der Waals surface area contributed by atoms with Crippen LogP contribution in [0.2, 0.25) is 0 Å². The van der Waals surface area contributed by atoms with Crippen LogP contribution in [-0.4, -0.2) is 45.2 Å². The van der Waals surface area contributed by atoms with E-state index in [4.69, 9.17) is 0 Å². The molecule has 2 N–H and O–H groups in total. The van der Waals surface area contributed by atoms with Gasteiger partial charge in [0, 0.05) is 19.1 Å². The lowest BCUT2D eigenvalue weighted by atomic mass is 9.96. The fourth-order valence-corrected chi connectivity index (χ4v) is 3.25. The van der Waals surface area contributed by atoms with Gasteiger partial charge in [-0.05, 0) is 26.2 Å². The zero-order valence-electron chi connectivity index (χ0n) is 13.7. The summed E-state index contributed by atoms with van der Waals surface area (Å²) in [5, 5.41) is 11.0. The lowest BCUT2D eigenvalue weighted by Gasteiger charge is -2.33. The van der Waals surface area contributed by atoms with Gasteiger partial charge in [-0.1, -0.05) is 13.3 Å². The van der Waals surface area contributed by atoms with Crippen LogP contribution in [0.3, 0.4) is 0 Å². The average Bonchev–Trinajstić information content (AvgIpc) is 3.03. The highest BCUT2D eigenvalue weighted by Gasteiger charge is 2.28. The summed E-state index contributed by atoms with van der Waals surface area (Å²) in [6.07, 6.45) is 7.31. The smallest absolute Gasteiger partial charge is 0.225 e. The molecule has 2 aromatic heterocycles. The number of fused-ring (bicyclic) bond motifs is 1. The van der Waals surface area contributed by atoms with E-state index in [0.717, 1.165) is 49.1 Å². The lowest BCUT2D eigenvalue weighted by Crippen LogP contribution is -2.45. The number of nitrogens with zero attached hydrogens (tertiary/aromatic N) is 4. The summed E-state index contributed by atoms with van der Waals surface area (Å²) in [5.41, 5.74) is 0.734. The number of aromatic nitrogens is 4. The summed E-state index contributed by atoms with van der Waals surface area (Å²) >= 11 is 0. The summed E-state index contributed by atoms with van der Waals surface area (Å²) in [7, 11) is 0. The van der Waals surface area contributed by atoms with Crippen molar-refractivity contribution in [1.82, 2.24) is 25.5 Å². The molecule has 1 amide bonds. The first kappa shape index (κ1) is 15.7. The SMILES string of the molecule is CCCC(C)NC(=O)C1CCCN(c2ncnc3[nH]ncc23)C1. The minimum Gasteiger partial charge on any atom is -0.355 e. The second kappa shape index (κ2) is 6.93. The molecule has 1 saturated heterocycles. The Bertz CT molecular complexity index is 669. The number of hydrogen-bond acceptors (Lipinski definition) is 5. The molecule has 124 valence electrons. The zero-order valence-corrected chi connectivity index (χ0v) is 13.7. The minimum atomic E-state index is 0.0139. The molecule has 0 spiro atoms. The number of H-pyrrole nitrogens is 1. The van der Waals surface area contributed by atoms with Crippen molar-refractivity contribution in [2.45, 2.75) is 45.6 Å². The molecule has 0 radical (unpaired) electrons. The van der Waals surface area contributed by atoms with Crippen molar-refractivity contribution in [3.63, 3.8) is 0 Å². The molecule has 0 saturated carbocycles. The van der Waals surface area contributed by atoms with Crippen molar-refractivity contribution in [3.05, 3.63) is 12.5 Å². The van der Waals surface area contributed by atoms with E-state index >= 15 is 0 Å². The summed E-state index contributed by atoms with van der Waals surface area (Å²) in [5.74, 6) is 1.04. The molecule has 7 heteroatoms. The third-order valence-corrected chi connectivity index (χ3v) is 4.43.